The number of unbranched alkanes of at least 4 members (excludes halogenated alkanes) is 8. The molecular weight excluding hydrogens is 1060 g/mol. The predicted molar refractivity (Wildman–Crippen MR) is 330 cm³/mol. The summed E-state index contributed by atoms with van der Waals surface area (Å²) in [4.78, 5) is 33.1. The van der Waals surface area contributed by atoms with Crippen molar-refractivity contribution in [3.05, 3.63) is 0 Å². The van der Waals surface area contributed by atoms with Crippen LogP contribution in [-0.4, -0.2) is 182 Å². The van der Waals surface area contributed by atoms with Crippen LogP contribution in [-0.2, 0) is 33.3 Å². The number of nitrogens with zero attached hydrogens (tertiary/aromatic N) is 2. The van der Waals surface area contributed by atoms with Gasteiger partial charge >= 0.3 is 5.97 Å². The molecule has 14 nitrogen and oxygen atoms in total. The van der Waals surface area contributed by atoms with Gasteiger partial charge in [0, 0.05) is 45.7 Å². The molecule has 3 aliphatic heterocycles. The topological polar surface area (TPSA) is 188 Å². The summed E-state index contributed by atoms with van der Waals surface area (Å²) >= 11 is 0. The molecule has 1 unspecified atom stereocenters. The van der Waals surface area contributed by atoms with Crippen molar-refractivity contribution in [1.29, 1.82) is 0 Å². The molecule has 0 spiro atoms. The lowest BCUT2D eigenvalue weighted by atomic mass is 9.68. The standard InChI is InChI=1S/C67H124N2O12P/c1-14-56-67(10,76)60(72)49(6)69(57(70)39-31-20-18-16-15-17-19-21-32-40-82(51-33-25-22-26-34-51,52-35-27-23-28-36-52)53-37-29-24-30-38-53)44-45(2)42-65(8,75)62(81-64-59(71)54(68(11)12)41-46(3)78-64)47(4)58(48(5)63(74)80-56)55-43-66(9,77-13)61(73)50(7)79-55/h45-56,58-62,64,71-73,75-76H,14-44H2,1-13H3/q+1/t45-,46-,47+,48-,49-,50+,54+,55?,56-,58+,59-,60-,61+,62-,64+,65-,66-,67-/m1/s1. The number of carbonyl (C=O) groups excluding carboxylic acids is 2. The Bertz CT molecular complexity index is 1850. The fourth-order valence-electron chi connectivity index (χ4n) is 17.6. The third-order valence-electron chi connectivity index (χ3n) is 22.3. The highest BCUT2D eigenvalue weighted by molar-refractivity contribution is 7.77. The van der Waals surface area contributed by atoms with Gasteiger partial charge in [0.1, 0.15) is 30.0 Å². The average molecular weight is 1180 g/mol. The highest BCUT2D eigenvalue weighted by Gasteiger charge is 2.58. The minimum absolute atomic E-state index is 0.129. The van der Waals surface area contributed by atoms with E-state index in [0.717, 1.165) is 36.2 Å². The lowest BCUT2D eigenvalue weighted by Gasteiger charge is -2.51. The Morgan fingerprint density at radius 1 is 0.720 bits per heavy atom. The summed E-state index contributed by atoms with van der Waals surface area (Å²) in [6, 6.07) is -1.18. The largest absolute Gasteiger partial charge is 0.459 e. The Hall–Kier alpha value is -1.03. The summed E-state index contributed by atoms with van der Waals surface area (Å²) in [5.41, 5.74) is -1.47. The van der Waals surface area contributed by atoms with Crippen molar-refractivity contribution in [2.24, 2.45) is 23.7 Å². The zero-order valence-electron chi connectivity index (χ0n) is 54.2. The van der Waals surface area contributed by atoms with Crippen LogP contribution in [0.2, 0.25) is 0 Å². The van der Waals surface area contributed by atoms with E-state index in [0.29, 0.717) is 12.8 Å². The molecule has 5 N–H and O–H groups in total. The van der Waals surface area contributed by atoms with E-state index in [4.69, 9.17) is 23.7 Å². The van der Waals surface area contributed by atoms with Crippen molar-refractivity contribution < 1.29 is 58.8 Å². The summed E-state index contributed by atoms with van der Waals surface area (Å²) in [6.07, 6.45) is 27.3. The lowest BCUT2D eigenvalue weighted by molar-refractivity contribution is -0.302. The molecule has 15 heteroatoms. The zero-order valence-corrected chi connectivity index (χ0v) is 55.1. The number of rotatable bonds is 21. The first kappa shape index (κ1) is 70.1. The van der Waals surface area contributed by atoms with Crippen LogP contribution in [0.5, 0.6) is 0 Å². The maximum Gasteiger partial charge on any atom is 0.309 e. The quantitative estimate of drug-likeness (QED) is 0.0415. The fourth-order valence-corrected chi connectivity index (χ4v) is 25.2. The Morgan fingerprint density at radius 3 is 1.73 bits per heavy atom. The molecule has 6 fully saturated rings. The van der Waals surface area contributed by atoms with E-state index in [1.165, 1.54) is 135 Å². The van der Waals surface area contributed by atoms with Gasteiger partial charge in [0.15, 0.2) is 6.29 Å². The minimum Gasteiger partial charge on any atom is -0.459 e. The molecule has 3 aliphatic carbocycles. The van der Waals surface area contributed by atoms with E-state index in [2.05, 4.69) is 0 Å². The summed E-state index contributed by atoms with van der Waals surface area (Å²) in [6.45, 7) is 18.1. The summed E-state index contributed by atoms with van der Waals surface area (Å²) < 4.78 is 32.2. The van der Waals surface area contributed by atoms with Crippen molar-refractivity contribution in [3.8, 4) is 0 Å². The average Bonchev–Trinajstić information content (AvgIpc) is 2.38. The zero-order chi connectivity index (χ0) is 60.2. The van der Waals surface area contributed by atoms with Crippen molar-refractivity contribution in [3.63, 3.8) is 0 Å². The number of esters is 1. The SMILES string of the molecule is CC[C@H]1OC(=O)[C@H](C)[C@@H](C2C[C@@](C)(OC)[C@@H](O)[C@H](C)O2)[C@H](C)[C@@H](O[C@@H]2O[C@H](C)C[C@H](N(C)C)[C@H]2O)[C@](C)(O)C[C@@H](C)CN(C(=O)CCCCCCCCCCC[P+](C2CCCCC2)(C2CCCCC2)C2CCCCC2)[C@H](C)[C@@H](O)[C@]1(C)O. The van der Waals surface area contributed by atoms with Crippen molar-refractivity contribution >= 4 is 19.1 Å². The monoisotopic (exact) mass is 1180 g/mol. The number of carbonyl (C=O) groups is 2. The van der Waals surface area contributed by atoms with E-state index < -0.39 is 103 Å². The number of likely N-dealkylation sites (N-methyl/N-ethyl adjacent to an activating group) is 1. The third-order valence-corrected chi connectivity index (χ3v) is 29.0. The Balaban J connectivity index is 1.14. The van der Waals surface area contributed by atoms with E-state index in [9.17, 15) is 35.1 Å². The van der Waals surface area contributed by atoms with Crippen LogP contribution in [0.15, 0.2) is 0 Å². The third kappa shape index (κ3) is 17.2. The van der Waals surface area contributed by atoms with Gasteiger partial charge in [-0.05, 0) is 183 Å². The van der Waals surface area contributed by atoms with Gasteiger partial charge in [-0.2, -0.15) is 0 Å². The molecular formula is C67H124N2O12P+. The number of hydrogen-bond acceptors (Lipinski definition) is 13. The number of hydrogen-bond donors (Lipinski definition) is 5. The van der Waals surface area contributed by atoms with Crippen LogP contribution in [0, 0.1) is 23.7 Å². The van der Waals surface area contributed by atoms with Gasteiger partial charge < -0.3 is 59.0 Å². The van der Waals surface area contributed by atoms with Gasteiger partial charge in [-0.15, -0.1) is 0 Å². The lowest BCUT2D eigenvalue weighted by Crippen LogP contribution is -2.61. The normalized spacial score (nSPS) is 39.9. The second-order valence-corrected chi connectivity index (χ2v) is 33.5. The molecule has 3 saturated carbocycles. The van der Waals surface area contributed by atoms with E-state index in [-0.39, 0.29) is 56.2 Å². The van der Waals surface area contributed by atoms with Gasteiger partial charge in [0.25, 0.3) is 0 Å². The van der Waals surface area contributed by atoms with E-state index in [1.54, 1.807) is 52.8 Å². The summed E-state index contributed by atoms with van der Waals surface area (Å²) in [5.74, 6) is -3.50. The van der Waals surface area contributed by atoms with Crippen molar-refractivity contribution in [2.75, 3.05) is 33.9 Å². The summed E-state index contributed by atoms with van der Waals surface area (Å²) in [5, 5.41) is 61.0. The molecule has 82 heavy (non-hydrogen) atoms. The molecule has 0 aromatic rings. The Kier molecular flexibility index (Phi) is 27.3. The van der Waals surface area contributed by atoms with Crippen LogP contribution < -0.4 is 0 Å². The van der Waals surface area contributed by atoms with E-state index >= 15 is 0 Å². The number of ether oxygens (including phenoxy) is 5. The molecule has 6 rings (SSSR count). The number of methoxy groups -OCH3 is 1. The molecule has 1 amide bonds. The van der Waals surface area contributed by atoms with Crippen LogP contribution in [0.25, 0.3) is 0 Å². The van der Waals surface area contributed by atoms with Gasteiger partial charge in [-0.3, -0.25) is 9.59 Å². The van der Waals surface area contributed by atoms with Crippen LogP contribution in [0.1, 0.15) is 255 Å². The fraction of sp³-hybridized carbons (Fsp3) is 0.970. The molecule has 0 aromatic carbocycles. The van der Waals surface area contributed by atoms with Gasteiger partial charge in [-0.1, -0.05) is 85.5 Å². The highest BCUT2D eigenvalue weighted by Crippen LogP contribution is 2.77. The Morgan fingerprint density at radius 2 is 1.23 bits per heavy atom. The smallest absolute Gasteiger partial charge is 0.309 e. The highest BCUT2D eigenvalue weighted by atomic mass is 31.2. The number of aliphatic hydroxyl groups is 5. The minimum atomic E-state index is -1.96. The number of aliphatic hydroxyl groups excluding tert-OH is 3. The first-order valence-corrected chi connectivity index (χ1v) is 36.1. The van der Waals surface area contributed by atoms with Crippen LogP contribution in [0.4, 0.5) is 0 Å². The maximum absolute atomic E-state index is 14.8. The molecule has 0 bridgehead atoms. The van der Waals surface area contributed by atoms with Gasteiger partial charge in [0.05, 0.1) is 70.7 Å². The maximum atomic E-state index is 14.8. The molecule has 0 radical (unpaired) electrons. The molecule has 6 aliphatic rings. The molecule has 0 aromatic heterocycles. The van der Waals surface area contributed by atoms with Crippen molar-refractivity contribution in [1.82, 2.24) is 9.80 Å². The van der Waals surface area contributed by atoms with Crippen LogP contribution >= 0.6 is 7.26 Å². The van der Waals surface area contributed by atoms with Crippen molar-refractivity contribution in [2.45, 2.75) is 356 Å². The van der Waals surface area contributed by atoms with Gasteiger partial charge in [0.2, 0.25) is 5.91 Å². The number of amides is 1. The second kappa shape index (κ2) is 31.9. The first-order valence-electron chi connectivity index (χ1n) is 33.9. The number of cyclic esters (lactones) is 1. The molecule has 3 saturated heterocycles. The van der Waals surface area contributed by atoms with E-state index in [1.807, 2.05) is 46.7 Å². The predicted octanol–water partition coefficient (Wildman–Crippen LogP) is 12.0. The molecule has 3 heterocycles. The Labute approximate surface area is 499 Å². The molecule has 478 valence electrons. The summed E-state index contributed by atoms with van der Waals surface area (Å²) in [7, 11) is 4.34. The first-order chi connectivity index (χ1) is 38.8. The van der Waals surface area contributed by atoms with Crippen LogP contribution in [0.3, 0.4) is 0 Å². The molecule has 18 atom stereocenters. The second-order valence-electron chi connectivity index (χ2n) is 28.9. The van der Waals surface area contributed by atoms with Gasteiger partial charge in [-0.25, -0.2) is 0 Å².